The van der Waals surface area contributed by atoms with E-state index >= 15 is 0 Å². The van der Waals surface area contributed by atoms with Crippen molar-refractivity contribution >= 4 is 58.0 Å². The number of allylic oxidation sites excluding steroid dienone is 1. The van der Waals surface area contributed by atoms with Gasteiger partial charge in [-0.05, 0) is 0 Å². The number of rotatable bonds is 2. The van der Waals surface area contributed by atoms with Gasteiger partial charge in [-0.2, -0.15) is 26.3 Å². The standard InChI is InChI=1S/C3H4Cl4.C3H4ClF3.C3H3F3/c2*4-2-1-3(5,6)7;1-2-3(4,5)6/h2*1-2H2;2H,1H2. The maximum atomic E-state index is 11.0. The zero-order valence-corrected chi connectivity index (χ0v) is 13.6. The summed E-state index contributed by atoms with van der Waals surface area (Å²) in [6.07, 6.45) is -8.83. The van der Waals surface area contributed by atoms with Gasteiger partial charge in [0.25, 0.3) is 0 Å². The van der Waals surface area contributed by atoms with Crippen molar-refractivity contribution in [1.82, 2.24) is 0 Å². The Morgan fingerprint density at radius 2 is 1.10 bits per heavy atom. The predicted molar refractivity (Wildman–Crippen MR) is 73.3 cm³/mol. The lowest BCUT2D eigenvalue weighted by atomic mass is 10.5. The molecule has 0 N–H and O–H groups in total. The monoisotopic (exact) mass is 408 g/mol. The third-order valence-corrected chi connectivity index (χ3v) is 1.93. The highest BCUT2D eigenvalue weighted by molar-refractivity contribution is 6.67. The van der Waals surface area contributed by atoms with Gasteiger partial charge in [0.05, 0.1) is 6.42 Å². The molecule has 0 aliphatic carbocycles. The predicted octanol–water partition coefficient (Wildman–Crippen LogP) is 6.90. The maximum absolute atomic E-state index is 11.0. The highest BCUT2D eigenvalue weighted by Crippen LogP contribution is 2.29. The molecule has 0 nitrogen and oxygen atoms in total. The molecule has 0 saturated heterocycles. The Hall–Kier alpha value is 0.770. The van der Waals surface area contributed by atoms with E-state index in [2.05, 4.69) is 6.58 Å². The Balaban J connectivity index is -0.000000218. The Morgan fingerprint density at radius 1 is 0.800 bits per heavy atom. The van der Waals surface area contributed by atoms with E-state index in [9.17, 15) is 26.3 Å². The molecule has 0 heterocycles. The summed E-state index contributed by atoms with van der Waals surface area (Å²) in [6.45, 7) is 2.51. The van der Waals surface area contributed by atoms with Gasteiger partial charge in [-0.25, -0.2) is 0 Å². The summed E-state index contributed by atoms with van der Waals surface area (Å²) in [5, 5.41) is 0. The molecule has 0 aliphatic rings. The lowest BCUT2D eigenvalue weighted by molar-refractivity contribution is -0.129. The molecule has 0 bridgehead atoms. The molecule has 0 radical (unpaired) electrons. The van der Waals surface area contributed by atoms with Crippen LogP contribution in [0.15, 0.2) is 12.7 Å². The van der Waals surface area contributed by atoms with Crippen molar-refractivity contribution in [2.24, 2.45) is 0 Å². The average Bonchev–Trinajstić information content (AvgIpc) is 2.14. The summed E-state index contributed by atoms with van der Waals surface area (Å²) in [5.41, 5.74) is 0. The highest BCUT2D eigenvalue weighted by atomic mass is 35.6. The molecule has 11 heteroatoms. The lowest BCUT2D eigenvalue weighted by Crippen LogP contribution is -2.06. The summed E-state index contributed by atoms with van der Waals surface area (Å²) in [7, 11) is 0. The summed E-state index contributed by atoms with van der Waals surface area (Å²) >= 11 is 25.8. The van der Waals surface area contributed by atoms with Crippen LogP contribution in [0.5, 0.6) is 0 Å². The summed E-state index contributed by atoms with van der Waals surface area (Å²) < 4.78 is 63.7. The van der Waals surface area contributed by atoms with E-state index in [1.54, 1.807) is 0 Å². The smallest absolute Gasteiger partial charge is 0.171 e. The van der Waals surface area contributed by atoms with Crippen LogP contribution in [0.25, 0.3) is 0 Å². The molecule has 0 aromatic rings. The SMILES string of the molecule is C=CC(F)(F)F.ClCCC(Cl)(Cl)Cl.FC(F)(F)CCCl. The van der Waals surface area contributed by atoms with Crippen LogP contribution in [0.4, 0.5) is 26.3 Å². The van der Waals surface area contributed by atoms with Gasteiger partial charge in [-0.15, -0.1) is 23.2 Å². The van der Waals surface area contributed by atoms with Gasteiger partial charge in [-0.3, -0.25) is 0 Å². The summed E-state index contributed by atoms with van der Waals surface area (Å²) in [5.74, 6) is 0.0417. The number of alkyl halides is 11. The molecule has 0 aromatic carbocycles. The van der Waals surface area contributed by atoms with Gasteiger partial charge in [0.1, 0.15) is 0 Å². The molecule has 0 unspecified atom stereocenters. The third kappa shape index (κ3) is 42.8. The van der Waals surface area contributed by atoms with E-state index in [0.29, 0.717) is 12.3 Å². The van der Waals surface area contributed by atoms with Crippen LogP contribution in [0, 0.1) is 0 Å². The van der Waals surface area contributed by atoms with Crippen molar-refractivity contribution in [1.29, 1.82) is 0 Å². The van der Waals surface area contributed by atoms with Gasteiger partial charge in [0.2, 0.25) is 0 Å². The van der Waals surface area contributed by atoms with Crippen molar-refractivity contribution < 1.29 is 26.3 Å². The minimum Gasteiger partial charge on any atom is -0.171 e. The Kier molecular flexibility index (Phi) is 15.8. The van der Waals surface area contributed by atoms with E-state index in [4.69, 9.17) is 58.0 Å². The molecule has 0 atom stereocenters. The van der Waals surface area contributed by atoms with Gasteiger partial charge in [0, 0.05) is 24.3 Å². The minimum atomic E-state index is -4.19. The third-order valence-electron chi connectivity index (χ3n) is 0.987. The van der Waals surface area contributed by atoms with Crippen LogP contribution in [-0.4, -0.2) is 27.9 Å². The molecule has 20 heavy (non-hydrogen) atoms. The highest BCUT2D eigenvalue weighted by Gasteiger charge is 2.25. The Morgan fingerprint density at radius 3 is 1.10 bits per heavy atom. The van der Waals surface area contributed by atoms with E-state index in [-0.39, 0.29) is 12.0 Å². The van der Waals surface area contributed by atoms with Gasteiger partial charge in [0.15, 0.2) is 3.79 Å². The molecular weight excluding hydrogens is 399 g/mol. The second-order valence-corrected chi connectivity index (χ2v) is 6.13. The maximum Gasteiger partial charge on any atom is 0.409 e. The van der Waals surface area contributed by atoms with Crippen molar-refractivity contribution in [2.75, 3.05) is 11.8 Å². The Bertz CT molecular complexity index is 216. The first-order chi connectivity index (χ1) is 8.68. The minimum absolute atomic E-state index is 0.0625. The van der Waals surface area contributed by atoms with Crippen LogP contribution in [0.2, 0.25) is 0 Å². The van der Waals surface area contributed by atoms with Crippen molar-refractivity contribution in [3.63, 3.8) is 0 Å². The summed E-state index contributed by atoms with van der Waals surface area (Å²) in [4.78, 5) is 0. The van der Waals surface area contributed by atoms with E-state index < -0.39 is 22.6 Å². The van der Waals surface area contributed by atoms with Crippen LogP contribution in [-0.2, 0) is 0 Å². The first kappa shape index (κ1) is 25.7. The first-order valence-corrected chi connectivity index (χ1v) is 6.84. The van der Waals surface area contributed by atoms with Crippen molar-refractivity contribution in [2.45, 2.75) is 29.0 Å². The number of hydrogen-bond donors (Lipinski definition) is 0. The van der Waals surface area contributed by atoms with Crippen LogP contribution < -0.4 is 0 Å². The Labute approximate surface area is 137 Å². The van der Waals surface area contributed by atoms with Crippen molar-refractivity contribution in [3.8, 4) is 0 Å². The molecule has 0 spiro atoms. The molecule has 0 amide bonds. The topological polar surface area (TPSA) is 0 Å². The lowest BCUT2D eigenvalue weighted by Gasteiger charge is -2.04. The summed E-state index contributed by atoms with van der Waals surface area (Å²) in [6, 6.07) is 0. The number of hydrogen-bond acceptors (Lipinski definition) is 0. The molecule has 0 rings (SSSR count). The van der Waals surface area contributed by atoms with Gasteiger partial charge >= 0.3 is 12.4 Å². The van der Waals surface area contributed by atoms with Crippen LogP contribution in [0.1, 0.15) is 12.8 Å². The fourth-order valence-corrected chi connectivity index (χ4v) is 1.29. The van der Waals surface area contributed by atoms with E-state index in [0.717, 1.165) is 0 Å². The van der Waals surface area contributed by atoms with Crippen molar-refractivity contribution in [3.05, 3.63) is 12.7 Å². The quantitative estimate of drug-likeness (QED) is 0.264. The van der Waals surface area contributed by atoms with Gasteiger partial charge < -0.3 is 0 Å². The number of halogens is 11. The second kappa shape index (κ2) is 12.3. The normalized spacial score (nSPS) is 11.8. The van der Waals surface area contributed by atoms with Gasteiger partial charge in [-0.1, -0.05) is 41.4 Å². The largest absolute Gasteiger partial charge is 0.409 e. The molecule has 0 aliphatic heterocycles. The fourth-order valence-electron chi connectivity index (χ4n) is 0.214. The fraction of sp³-hybridized carbons (Fsp3) is 0.778. The molecule has 0 saturated carbocycles. The molecule has 0 fully saturated rings. The zero-order valence-electron chi connectivity index (χ0n) is 9.77. The van der Waals surface area contributed by atoms with E-state index in [1.807, 2.05) is 0 Å². The molecule has 124 valence electrons. The van der Waals surface area contributed by atoms with E-state index in [1.165, 1.54) is 0 Å². The molecular formula is C9H11Cl5F6. The average molecular weight is 410 g/mol. The van der Waals surface area contributed by atoms with Crippen LogP contribution >= 0.6 is 58.0 Å². The molecule has 0 aromatic heterocycles. The van der Waals surface area contributed by atoms with Crippen LogP contribution in [0.3, 0.4) is 0 Å². The zero-order chi connectivity index (χ0) is 17.0. The first-order valence-electron chi connectivity index (χ1n) is 4.64. The second-order valence-electron chi connectivity index (χ2n) is 2.85.